The normalized spacial score (nSPS) is 14.2. The minimum absolute atomic E-state index is 0.0462. The van der Waals surface area contributed by atoms with Gasteiger partial charge in [0.15, 0.2) is 0 Å². The molecule has 7 nitrogen and oxygen atoms in total. The number of aromatic nitrogens is 2. The quantitative estimate of drug-likeness (QED) is 0.848. The standard InChI is InChI=1S/C20H28N6O/c1-4-16-7-6-8-17(14-16)23-20(27)26-11-9-25(10-12-26)18-13-15(3)22-19(24-18)21-5-2/h6-8,13-14H,4-5,9-12H2,1-3H3,(H,23,27)(H,21,22,24). The first-order chi connectivity index (χ1) is 13.1. The molecule has 0 atom stereocenters. The van der Waals surface area contributed by atoms with Crippen molar-refractivity contribution in [3.8, 4) is 0 Å². The predicted octanol–water partition coefficient (Wildman–Crippen LogP) is 3.13. The fourth-order valence-electron chi connectivity index (χ4n) is 3.16. The summed E-state index contributed by atoms with van der Waals surface area (Å²) < 4.78 is 0. The van der Waals surface area contributed by atoms with Crippen molar-refractivity contribution >= 4 is 23.5 Å². The fourth-order valence-corrected chi connectivity index (χ4v) is 3.16. The minimum atomic E-state index is -0.0462. The van der Waals surface area contributed by atoms with Crippen LogP contribution in [0.15, 0.2) is 30.3 Å². The van der Waals surface area contributed by atoms with E-state index >= 15 is 0 Å². The van der Waals surface area contributed by atoms with Crippen LogP contribution in [0.1, 0.15) is 25.1 Å². The van der Waals surface area contributed by atoms with Gasteiger partial charge in [0.05, 0.1) is 0 Å². The Kier molecular flexibility index (Phi) is 6.11. The maximum absolute atomic E-state index is 12.6. The maximum atomic E-state index is 12.6. The zero-order chi connectivity index (χ0) is 19.2. The first kappa shape index (κ1) is 18.9. The van der Waals surface area contributed by atoms with Gasteiger partial charge in [0.25, 0.3) is 0 Å². The summed E-state index contributed by atoms with van der Waals surface area (Å²) in [5.74, 6) is 1.57. The van der Waals surface area contributed by atoms with Crippen LogP contribution in [0.25, 0.3) is 0 Å². The van der Waals surface area contributed by atoms with E-state index in [0.29, 0.717) is 19.0 Å². The van der Waals surface area contributed by atoms with Gasteiger partial charge in [0, 0.05) is 50.2 Å². The predicted molar refractivity (Wildman–Crippen MR) is 110 cm³/mol. The molecule has 2 aromatic rings. The number of rotatable bonds is 5. The second-order valence-electron chi connectivity index (χ2n) is 6.68. The summed E-state index contributed by atoms with van der Waals surface area (Å²) in [5.41, 5.74) is 3.00. The molecule has 0 saturated carbocycles. The van der Waals surface area contributed by atoms with Crippen LogP contribution in [0, 0.1) is 6.92 Å². The van der Waals surface area contributed by atoms with E-state index in [-0.39, 0.29) is 6.03 Å². The molecular weight excluding hydrogens is 340 g/mol. The molecule has 1 aliphatic rings. The molecule has 7 heteroatoms. The summed E-state index contributed by atoms with van der Waals surface area (Å²) in [7, 11) is 0. The lowest BCUT2D eigenvalue weighted by Crippen LogP contribution is -2.50. The number of anilines is 3. The largest absolute Gasteiger partial charge is 0.354 e. The van der Waals surface area contributed by atoms with Crippen molar-refractivity contribution in [2.24, 2.45) is 0 Å². The van der Waals surface area contributed by atoms with E-state index in [4.69, 9.17) is 0 Å². The molecule has 27 heavy (non-hydrogen) atoms. The molecule has 1 fully saturated rings. The number of amides is 2. The van der Waals surface area contributed by atoms with E-state index in [0.717, 1.165) is 43.3 Å². The van der Waals surface area contributed by atoms with Crippen LogP contribution >= 0.6 is 0 Å². The van der Waals surface area contributed by atoms with Gasteiger partial charge in [0.2, 0.25) is 5.95 Å². The average molecular weight is 368 g/mol. The summed E-state index contributed by atoms with van der Waals surface area (Å²) in [4.78, 5) is 25.6. The highest BCUT2D eigenvalue weighted by atomic mass is 16.2. The highest BCUT2D eigenvalue weighted by Crippen LogP contribution is 2.18. The molecule has 0 aliphatic carbocycles. The number of nitrogens with one attached hydrogen (secondary N) is 2. The van der Waals surface area contributed by atoms with Crippen LogP contribution in [0.4, 0.5) is 22.2 Å². The smallest absolute Gasteiger partial charge is 0.321 e. The monoisotopic (exact) mass is 368 g/mol. The number of carbonyl (C=O) groups is 1. The van der Waals surface area contributed by atoms with Crippen molar-refractivity contribution in [1.29, 1.82) is 0 Å². The number of hydrogen-bond donors (Lipinski definition) is 2. The van der Waals surface area contributed by atoms with Gasteiger partial charge in [0.1, 0.15) is 5.82 Å². The zero-order valence-corrected chi connectivity index (χ0v) is 16.3. The van der Waals surface area contributed by atoms with E-state index in [9.17, 15) is 4.79 Å². The first-order valence-corrected chi connectivity index (χ1v) is 9.58. The lowest BCUT2D eigenvalue weighted by Gasteiger charge is -2.35. The molecule has 0 unspecified atom stereocenters. The van der Waals surface area contributed by atoms with Crippen LogP contribution in [-0.4, -0.2) is 53.6 Å². The maximum Gasteiger partial charge on any atom is 0.321 e. The van der Waals surface area contributed by atoms with Crippen LogP contribution < -0.4 is 15.5 Å². The lowest BCUT2D eigenvalue weighted by molar-refractivity contribution is 0.208. The van der Waals surface area contributed by atoms with Gasteiger partial charge in [-0.3, -0.25) is 0 Å². The van der Waals surface area contributed by atoms with Gasteiger partial charge in [-0.25, -0.2) is 9.78 Å². The number of aryl methyl sites for hydroxylation is 2. The third-order valence-electron chi connectivity index (χ3n) is 4.65. The second kappa shape index (κ2) is 8.70. The summed E-state index contributed by atoms with van der Waals surface area (Å²) in [5, 5.41) is 6.18. The van der Waals surface area contributed by atoms with Crippen LogP contribution in [0.3, 0.4) is 0 Å². The highest BCUT2D eigenvalue weighted by Gasteiger charge is 2.22. The third kappa shape index (κ3) is 4.87. The number of hydrogen-bond acceptors (Lipinski definition) is 5. The van der Waals surface area contributed by atoms with Crippen LogP contribution in [0.2, 0.25) is 0 Å². The van der Waals surface area contributed by atoms with Crippen molar-refractivity contribution in [2.45, 2.75) is 27.2 Å². The lowest BCUT2D eigenvalue weighted by atomic mass is 10.1. The number of carbonyl (C=O) groups excluding carboxylic acids is 1. The van der Waals surface area contributed by atoms with E-state index in [1.165, 1.54) is 5.56 Å². The molecule has 2 N–H and O–H groups in total. The summed E-state index contributed by atoms with van der Waals surface area (Å²) in [6.07, 6.45) is 0.954. The van der Waals surface area contributed by atoms with Crippen molar-refractivity contribution in [1.82, 2.24) is 14.9 Å². The molecular formula is C20H28N6O. The zero-order valence-electron chi connectivity index (χ0n) is 16.3. The minimum Gasteiger partial charge on any atom is -0.354 e. The summed E-state index contributed by atoms with van der Waals surface area (Å²) in [6, 6.07) is 9.95. The SMILES string of the molecule is CCNc1nc(C)cc(N2CCN(C(=O)Nc3cccc(CC)c3)CC2)n1. The van der Waals surface area contributed by atoms with Crippen molar-refractivity contribution < 1.29 is 4.79 Å². The molecule has 1 saturated heterocycles. The number of nitrogens with zero attached hydrogens (tertiary/aromatic N) is 4. The molecule has 144 valence electrons. The summed E-state index contributed by atoms with van der Waals surface area (Å²) in [6.45, 7) is 9.73. The number of benzene rings is 1. The third-order valence-corrected chi connectivity index (χ3v) is 4.65. The Labute approximate surface area is 160 Å². The Morgan fingerprint density at radius 2 is 1.89 bits per heavy atom. The number of piperazine rings is 1. The van der Waals surface area contributed by atoms with Gasteiger partial charge in [-0.2, -0.15) is 4.98 Å². The fraction of sp³-hybridized carbons (Fsp3) is 0.450. The Bertz CT molecular complexity index is 786. The molecule has 2 amide bonds. The van der Waals surface area contributed by atoms with Crippen LogP contribution in [-0.2, 0) is 6.42 Å². The average Bonchev–Trinajstić information content (AvgIpc) is 2.68. The van der Waals surface area contributed by atoms with Gasteiger partial charge in [-0.05, 0) is 38.0 Å². The molecule has 1 aromatic heterocycles. The second-order valence-corrected chi connectivity index (χ2v) is 6.68. The molecule has 0 spiro atoms. The molecule has 2 heterocycles. The first-order valence-electron chi connectivity index (χ1n) is 9.58. The van der Waals surface area contributed by atoms with E-state index in [2.05, 4.69) is 38.5 Å². The van der Waals surface area contributed by atoms with Gasteiger partial charge < -0.3 is 20.4 Å². The molecule has 1 aliphatic heterocycles. The van der Waals surface area contributed by atoms with Crippen molar-refractivity contribution in [3.63, 3.8) is 0 Å². The highest BCUT2D eigenvalue weighted by molar-refractivity contribution is 5.89. The van der Waals surface area contributed by atoms with E-state index in [1.807, 2.05) is 43.0 Å². The van der Waals surface area contributed by atoms with Crippen LogP contribution in [0.5, 0.6) is 0 Å². The topological polar surface area (TPSA) is 73.4 Å². The molecule has 1 aromatic carbocycles. The van der Waals surface area contributed by atoms with Gasteiger partial charge in [-0.1, -0.05) is 19.1 Å². The van der Waals surface area contributed by atoms with Crippen molar-refractivity contribution in [3.05, 3.63) is 41.6 Å². The Hall–Kier alpha value is -2.83. The van der Waals surface area contributed by atoms with Gasteiger partial charge in [-0.15, -0.1) is 0 Å². The molecule has 0 radical (unpaired) electrons. The van der Waals surface area contributed by atoms with E-state index in [1.54, 1.807) is 0 Å². The molecule has 3 rings (SSSR count). The summed E-state index contributed by atoms with van der Waals surface area (Å²) >= 11 is 0. The van der Waals surface area contributed by atoms with E-state index < -0.39 is 0 Å². The Morgan fingerprint density at radius 1 is 1.11 bits per heavy atom. The number of urea groups is 1. The van der Waals surface area contributed by atoms with Crippen molar-refractivity contribution in [2.75, 3.05) is 48.3 Å². The molecule has 0 bridgehead atoms. The Morgan fingerprint density at radius 3 is 2.59 bits per heavy atom. The Balaban J connectivity index is 1.59. The van der Waals surface area contributed by atoms with Gasteiger partial charge >= 0.3 is 6.03 Å².